The first-order chi connectivity index (χ1) is 12.7. The smallest absolute Gasteiger partial charge is 0.263 e. The maximum absolute atomic E-state index is 12.3. The number of nitrogens with zero attached hydrogens (tertiary/aromatic N) is 1. The molecule has 2 N–H and O–H groups in total. The number of amides is 1. The Hall–Kier alpha value is -2.38. The molecule has 27 heavy (non-hydrogen) atoms. The first-order valence-corrected chi connectivity index (χ1v) is 10.3. The van der Waals surface area contributed by atoms with Crippen LogP contribution in [0, 0.1) is 5.41 Å². The third-order valence-corrected chi connectivity index (χ3v) is 5.90. The van der Waals surface area contributed by atoms with E-state index in [0.717, 1.165) is 0 Å². The van der Waals surface area contributed by atoms with E-state index >= 15 is 0 Å². The van der Waals surface area contributed by atoms with Gasteiger partial charge in [0.15, 0.2) is 0 Å². The van der Waals surface area contributed by atoms with Crippen LogP contribution in [0.1, 0.15) is 29.8 Å². The van der Waals surface area contributed by atoms with Crippen molar-refractivity contribution in [1.82, 2.24) is 10.0 Å². The van der Waals surface area contributed by atoms with Crippen LogP contribution in [0.25, 0.3) is 0 Å². The maximum Gasteiger partial charge on any atom is 0.263 e. The topological polar surface area (TPSA) is 87.6 Å². The molecule has 0 fully saturated rings. The standard InChI is InChI=1S/C19H20ClN3O3S/c1-19(2,12-22-18(24)13-7-3-5-9-15(13)20)11-21-17-14-8-4-6-10-16(14)27(25,26)23-17/h3-10H,11-12H2,1-2H3,(H,21,23)(H,22,24). The second kappa shape index (κ2) is 7.32. The summed E-state index contributed by atoms with van der Waals surface area (Å²) in [6, 6.07) is 13.6. The molecule has 3 rings (SSSR count). The second-order valence-electron chi connectivity index (χ2n) is 7.09. The summed E-state index contributed by atoms with van der Waals surface area (Å²) in [6.07, 6.45) is 0. The van der Waals surface area contributed by atoms with Crippen molar-refractivity contribution in [2.75, 3.05) is 13.1 Å². The predicted octanol–water partition coefficient (Wildman–Crippen LogP) is 2.83. The molecule has 1 aliphatic rings. The van der Waals surface area contributed by atoms with Crippen molar-refractivity contribution in [1.29, 1.82) is 0 Å². The first kappa shape index (κ1) is 19.4. The van der Waals surface area contributed by atoms with Crippen molar-refractivity contribution in [3.8, 4) is 0 Å². The first-order valence-electron chi connectivity index (χ1n) is 8.39. The Bertz CT molecular complexity index is 1020. The normalized spacial score (nSPS) is 16.6. The molecular formula is C19H20ClN3O3S. The van der Waals surface area contributed by atoms with Crippen molar-refractivity contribution in [3.05, 3.63) is 64.7 Å². The number of hydrogen-bond acceptors (Lipinski definition) is 4. The molecule has 1 aliphatic heterocycles. The zero-order chi connectivity index (χ0) is 19.7. The highest BCUT2D eigenvalue weighted by molar-refractivity contribution is 7.90. The van der Waals surface area contributed by atoms with Crippen LogP contribution in [0.3, 0.4) is 0 Å². The summed E-state index contributed by atoms with van der Waals surface area (Å²) in [4.78, 5) is 17.0. The minimum Gasteiger partial charge on any atom is -0.351 e. The van der Waals surface area contributed by atoms with Crippen LogP contribution in [-0.2, 0) is 10.0 Å². The molecule has 0 spiro atoms. The summed E-state index contributed by atoms with van der Waals surface area (Å²) >= 11 is 6.04. The molecule has 8 heteroatoms. The Balaban J connectivity index is 1.68. The molecule has 0 aromatic heterocycles. The Kier molecular flexibility index (Phi) is 5.26. The van der Waals surface area contributed by atoms with Crippen molar-refractivity contribution in [2.45, 2.75) is 18.7 Å². The molecule has 2 aromatic carbocycles. The molecule has 0 aliphatic carbocycles. The summed E-state index contributed by atoms with van der Waals surface area (Å²) in [7, 11) is -3.55. The number of fused-ring (bicyclic) bond motifs is 1. The number of amidine groups is 1. The van der Waals surface area contributed by atoms with Gasteiger partial charge in [-0.3, -0.25) is 14.5 Å². The zero-order valence-corrected chi connectivity index (χ0v) is 16.6. The van der Waals surface area contributed by atoms with E-state index in [-0.39, 0.29) is 16.2 Å². The van der Waals surface area contributed by atoms with Gasteiger partial charge in [0.2, 0.25) is 0 Å². The highest BCUT2D eigenvalue weighted by Crippen LogP contribution is 2.23. The Labute approximate surface area is 163 Å². The predicted molar refractivity (Wildman–Crippen MR) is 106 cm³/mol. The third-order valence-electron chi connectivity index (χ3n) is 4.17. The van der Waals surface area contributed by atoms with E-state index in [0.29, 0.717) is 35.1 Å². The van der Waals surface area contributed by atoms with Crippen LogP contribution >= 0.6 is 11.6 Å². The number of carbonyl (C=O) groups is 1. The van der Waals surface area contributed by atoms with Crippen molar-refractivity contribution >= 4 is 33.4 Å². The van der Waals surface area contributed by atoms with Gasteiger partial charge in [-0.1, -0.05) is 49.7 Å². The molecule has 0 atom stereocenters. The van der Waals surface area contributed by atoms with Gasteiger partial charge < -0.3 is 5.32 Å². The largest absolute Gasteiger partial charge is 0.351 e. The average Bonchev–Trinajstić information content (AvgIpc) is 2.90. The van der Waals surface area contributed by atoms with Gasteiger partial charge in [0.25, 0.3) is 15.9 Å². The number of benzene rings is 2. The van der Waals surface area contributed by atoms with Crippen LogP contribution in [0.5, 0.6) is 0 Å². The lowest BCUT2D eigenvalue weighted by Crippen LogP contribution is -2.36. The van der Waals surface area contributed by atoms with Crippen molar-refractivity contribution in [3.63, 3.8) is 0 Å². The quantitative estimate of drug-likeness (QED) is 0.801. The van der Waals surface area contributed by atoms with Crippen LogP contribution in [0.15, 0.2) is 58.4 Å². The van der Waals surface area contributed by atoms with Crippen LogP contribution < -0.4 is 10.0 Å². The summed E-state index contributed by atoms with van der Waals surface area (Å²) < 4.78 is 26.7. The van der Waals surface area contributed by atoms with Gasteiger partial charge >= 0.3 is 0 Å². The zero-order valence-electron chi connectivity index (χ0n) is 15.0. The van der Waals surface area contributed by atoms with E-state index < -0.39 is 10.0 Å². The lowest BCUT2D eigenvalue weighted by molar-refractivity contribution is 0.0938. The van der Waals surface area contributed by atoms with Gasteiger partial charge in [-0.15, -0.1) is 0 Å². The molecule has 2 aromatic rings. The number of nitrogens with one attached hydrogen (secondary N) is 2. The fraction of sp³-hybridized carbons (Fsp3) is 0.263. The molecular weight excluding hydrogens is 386 g/mol. The molecule has 1 heterocycles. The van der Waals surface area contributed by atoms with Gasteiger partial charge in [0, 0.05) is 24.1 Å². The maximum atomic E-state index is 12.3. The van der Waals surface area contributed by atoms with E-state index in [2.05, 4.69) is 15.0 Å². The summed E-state index contributed by atoms with van der Waals surface area (Å²) in [5, 5.41) is 3.25. The minimum absolute atomic E-state index is 0.230. The Morgan fingerprint density at radius 3 is 2.56 bits per heavy atom. The third kappa shape index (κ3) is 4.31. The molecule has 0 saturated heterocycles. The lowest BCUT2D eigenvalue weighted by atomic mass is 9.93. The summed E-state index contributed by atoms with van der Waals surface area (Å²) in [5.74, 6) is 0.0735. The number of sulfonamides is 1. The van der Waals surface area contributed by atoms with E-state index in [9.17, 15) is 13.2 Å². The molecule has 0 saturated carbocycles. The van der Waals surface area contributed by atoms with Gasteiger partial charge in [0.1, 0.15) is 5.84 Å². The summed E-state index contributed by atoms with van der Waals surface area (Å²) in [5.41, 5.74) is 0.597. The Morgan fingerprint density at radius 2 is 1.81 bits per heavy atom. The van der Waals surface area contributed by atoms with Gasteiger partial charge in [0.05, 0.1) is 15.5 Å². The van der Waals surface area contributed by atoms with E-state index in [1.165, 1.54) is 0 Å². The van der Waals surface area contributed by atoms with Crippen molar-refractivity contribution in [2.24, 2.45) is 10.4 Å². The molecule has 6 nitrogen and oxygen atoms in total. The molecule has 0 unspecified atom stereocenters. The number of hydrogen-bond donors (Lipinski definition) is 2. The van der Waals surface area contributed by atoms with Gasteiger partial charge in [-0.05, 0) is 24.3 Å². The highest BCUT2D eigenvalue weighted by atomic mass is 35.5. The van der Waals surface area contributed by atoms with Gasteiger partial charge in [-0.2, -0.15) is 0 Å². The van der Waals surface area contributed by atoms with E-state index in [1.54, 1.807) is 48.5 Å². The second-order valence-corrected chi connectivity index (χ2v) is 9.15. The monoisotopic (exact) mass is 405 g/mol. The van der Waals surface area contributed by atoms with Crippen LogP contribution in [0.4, 0.5) is 0 Å². The van der Waals surface area contributed by atoms with Gasteiger partial charge in [-0.25, -0.2) is 8.42 Å². The average molecular weight is 406 g/mol. The number of rotatable bonds is 5. The summed E-state index contributed by atoms with van der Waals surface area (Å²) in [6.45, 7) is 4.59. The van der Waals surface area contributed by atoms with E-state index in [1.807, 2.05) is 13.8 Å². The molecule has 1 amide bonds. The molecule has 0 radical (unpaired) electrons. The number of aliphatic imine (C=N–C) groups is 1. The minimum atomic E-state index is -3.55. The fourth-order valence-corrected chi connectivity index (χ4v) is 4.13. The molecule has 0 bridgehead atoms. The Morgan fingerprint density at radius 1 is 1.15 bits per heavy atom. The van der Waals surface area contributed by atoms with Crippen LogP contribution in [-0.4, -0.2) is 33.3 Å². The highest BCUT2D eigenvalue weighted by Gasteiger charge is 2.30. The van der Waals surface area contributed by atoms with E-state index in [4.69, 9.17) is 11.6 Å². The lowest BCUT2D eigenvalue weighted by Gasteiger charge is -2.23. The number of carbonyl (C=O) groups excluding carboxylic acids is 1. The van der Waals surface area contributed by atoms with Crippen LogP contribution in [0.2, 0.25) is 5.02 Å². The fourth-order valence-electron chi connectivity index (χ4n) is 2.66. The SMILES string of the molecule is CC(C)(CN=C1NS(=O)(=O)c2ccccc21)CNC(=O)c1ccccc1Cl. The number of halogens is 1. The molecule has 142 valence electrons. The van der Waals surface area contributed by atoms with Crippen molar-refractivity contribution < 1.29 is 13.2 Å².